The van der Waals surface area contributed by atoms with E-state index in [2.05, 4.69) is 24.1 Å². The molecule has 3 rings (SSSR count). The van der Waals surface area contributed by atoms with Gasteiger partial charge in [0.1, 0.15) is 0 Å². The van der Waals surface area contributed by atoms with Crippen LogP contribution in [-0.4, -0.2) is 47.5 Å². The highest BCUT2D eigenvalue weighted by Gasteiger charge is 2.59. The Morgan fingerprint density at radius 2 is 2.00 bits per heavy atom. The molecule has 0 bridgehead atoms. The first-order valence-electron chi connectivity index (χ1n) is 7.27. The Bertz CT molecular complexity index is 346. The van der Waals surface area contributed by atoms with E-state index in [1.165, 1.54) is 12.8 Å². The quantitative estimate of drug-likeness (QED) is 0.806. The van der Waals surface area contributed by atoms with Gasteiger partial charge in [-0.25, -0.2) is 0 Å². The predicted octanol–water partition coefficient (Wildman–Crippen LogP) is 2.15. The Balaban J connectivity index is 0.00000133. The molecule has 0 aromatic carbocycles. The summed E-state index contributed by atoms with van der Waals surface area (Å²) in [5.74, 6) is 1.91. The van der Waals surface area contributed by atoms with Crippen molar-refractivity contribution in [3.05, 3.63) is 0 Å². The molecule has 3 unspecified atom stereocenters. The standard InChI is InChI=1S/C14H24N2OS.ClH/c1-10-11(2)18-8-7-16(10)13(17)12-9-14(12)3-5-15-6-4-14;/h10-12,15H,3-9H2,1-2H3;1H. The smallest absolute Gasteiger partial charge is 0.226 e. The van der Waals surface area contributed by atoms with E-state index in [0.717, 1.165) is 31.8 Å². The monoisotopic (exact) mass is 304 g/mol. The van der Waals surface area contributed by atoms with Crippen LogP contribution in [0.3, 0.4) is 0 Å². The zero-order valence-electron chi connectivity index (χ0n) is 11.9. The Hall–Kier alpha value is 0.0700. The van der Waals surface area contributed by atoms with Crippen LogP contribution in [0.4, 0.5) is 0 Å². The Morgan fingerprint density at radius 1 is 1.32 bits per heavy atom. The van der Waals surface area contributed by atoms with Gasteiger partial charge >= 0.3 is 0 Å². The lowest BCUT2D eigenvalue weighted by Gasteiger charge is -2.38. The largest absolute Gasteiger partial charge is 0.338 e. The average Bonchev–Trinajstić information content (AvgIpc) is 3.06. The molecular weight excluding hydrogens is 280 g/mol. The molecule has 3 atom stereocenters. The van der Waals surface area contributed by atoms with Crippen LogP contribution in [0.2, 0.25) is 0 Å². The number of thioether (sulfide) groups is 1. The number of rotatable bonds is 1. The molecule has 1 saturated carbocycles. The number of nitrogens with zero attached hydrogens (tertiary/aromatic N) is 1. The summed E-state index contributed by atoms with van der Waals surface area (Å²) in [5, 5.41) is 4.00. The molecule has 0 aromatic heterocycles. The molecule has 1 spiro atoms. The van der Waals surface area contributed by atoms with E-state index in [1.807, 2.05) is 11.8 Å². The molecule has 1 amide bonds. The minimum Gasteiger partial charge on any atom is -0.338 e. The Kier molecular flexibility index (Phi) is 4.74. The first-order chi connectivity index (χ1) is 8.64. The SMILES string of the molecule is CC1SCCN(C(=O)C2CC23CCNCC3)C1C.Cl. The van der Waals surface area contributed by atoms with E-state index in [0.29, 0.717) is 28.5 Å². The van der Waals surface area contributed by atoms with E-state index in [4.69, 9.17) is 0 Å². The molecular formula is C14H25ClN2OS. The van der Waals surface area contributed by atoms with E-state index in [9.17, 15) is 4.79 Å². The van der Waals surface area contributed by atoms with Crippen molar-refractivity contribution in [1.82, 2.24) is 10.2 Å². The van der Waals surface area contributed by atoms with Gasteiger partial charge in [0.05, 0.1) is 0 Å². The van der Waals surface area contributed by atoms with Crippen LogP contribution in [0, 0.1) is 11.3 Å². The molecule has 19 heavy (non-hydrogen) atoms. The molecule has 3 nitrogen and oxygen atoms in total. The Labute approximate surface area is 126 Å². The normalized spacial score (nSPS) is 36.7. The fourth-order valence-electron chi connectivity index (χ4n) is 3.62. The third-order valence-electron chi connectivity index (χ3n) is 5.25. The van der Waals surface area contributed by atoms with E-state index in [-0.39, 0.29) is 12.4 Å². The van der Waals surface area contributed by atoms with E-state index in [1.54, 1.807) is 0 Å². The van der Waals surface area contributed by atoms with Crippen LogP contribution in [0.1, 0.15) is 33.1 Å². The van der Waals surface area contributed by atoms with Gasteiger partial charge in [0, 0.05) is 29.5 Å². The highest BCUT2D eigenvalue weighted by atomic mass is 35.5. The van der Waals surface area contributed by atoms with Crippen molar-refractivity contribution in [2.24, 2.45) is 11.3 Å². The lowest BCUT2D eigenvalue weighted by Crippen LogP contribution is -2.49. The van der Waals surface area contributed by atoms with Crippen molar-refractivity contribution in [3.8, 4) is 0 Å². The minimum atomic E-state index is 0. The van der Waals surface area contributed by atoms with Crippen LogP contribution in [0.25, 0.3) is 0 Å². The van der Waals surface area contributed by atoms with Crippen LogP contribution < -0.4 is 5.32 Å². The highest BCUT2D eigenvalue weighted by Crippen LogP contribution is 2.59. The zero-order valence-corrected chi connectivity index (χ0v) is 13.5. The fraction of sp³-hybridized carbons (Fsp3) is 0.929. The van der Waals surface area contributed by atoms with Crippen molar-refractivity contribution in [3.63, 3.8) is 0 Å². The van der Waals surface area contributed by atoms with Crippen molar-refractivity contribution in [2.75, 3.05) is 25.4 Å². The average molecular weight is 305 g/mol. The molecule has 2 heterocycles. The Morgan fingerprint density at radius 3 is 2.68 bits per heavy atom. The molecule has 2 aliphatic heterocycles. The second kappa shape index (κ2) is 5.82. The van der Waals surface area contributed by atoms with Crippen LogP contribution in [-0.2, 0) is 4.79 Å². The van der Waals surface area contributed by atoms with Gasteiger partial charge < -0.3 is 10.2 Å². The summed E-state index contributed by atoms with van der Waals surface area (Å²) in [6.45, 7) is 7.63. The van der Waals surface area contributed by atoms with Gasteiger partial charge in [-0.1, -0.05) is 6.92 Å². The van der Waals surface area contributed by atoms with Gasteiger partial charge in [0.25, 0.3) is 0 Å². The molecule has 0 radical (unpaired) electrons. The third-order valence-corrected chi connectivity index (χ3v) is 6.59. The lowest BCUT2D eigenvalue weighted by atomic mass is 9.91. The van der Waals surface area contributed by atoms with Gasteiger partial charge in [-0.2, -0.15) is 11.8 Å². The minimum absolute atomic E-state index is 0. The number of piperidine rings is 1. The summed E-state index contributed by atoms with van der Waals surface area (Å²) in [4.78, 5) is 14.9. The zero-order chi connectivity index (χ0) is 12.8. The van der Waals surface area contributed by atoms with Gasteiger partial charge in [0.2, 0.25) is 5.91 Å². The summed E-state index contributed by atoms with van der Waals surface area (Å²) < 4.78 is 0. The second-order valence-corrected chi connectivity index (χ2v) is 7.70. The number of carbonyl (C=O) groups excluding carboxylic acids is 1. The molecule has 110 valence electrons. The van der Waals surface area contributed by atoms with Crippen LogP contribution >= 0.6 is 24.2 Å². The molecule has 3 fully saturated rings. The van der Waals surface area contributed by atoms with Crippen molar-refractivity contribution < 1.29 is 4.79 Å². The van der Waals surface area contributed by atoms with Gasteiger partial charge in [-0.15, -0.1) is 12.4 Å². The summed E-state index contributed by atoms with van der Waals surface area (Å²) in [6.07, 6.45) is 3.56. The van der Waals surface area contributed by atoms with Gasteiger partial charge in [0.15, 0.2) is 0 Å². The van der Waals surface area contributed by atoms with Crippen molar-refractivity contribution in [1.29, 1.82) is 0 Å². The molecule has 2 saturated heterocycles. The predicted molar refractivity (Wildman–Crippen MR) is 83.0 cm³/mol. The number of hydrogen-bond donors (Lipinski definition) is 1. The summed E-state index contributed by atoms with van der Waals surface area (Å²) in [5.41, 5.74) is 0.385. The molecule has 1 N–H and O–H groups in total. The first kappa shape index (κ1) is 15.5. The van der Waals surface area contributed by atoms with Crippen molar-refractivity contribution >= 4 is 30.1 Å². The summed E-state index contributed by atoms with van der Waals surface area (Å²) in [6, 6.07) is 0.413. The lowest BCUT2D eigenvalue weighted by molar-refractivity contribution is -0.135. The first-order valence-corrected chi connectivity index (χ1v) is 8.32. The third kappa shape index (κ3) is 2.77. The highest BCUT2D eigenvalue weighted by molar-refractivity contribution is 8.00. The van der Waals surface area contributed by atoms with Crippen LogP contribution in [0.15, 0.2) is 0 Å². The summed E-state index contributed by atoms with van der Waals surface area (Å²) in [7, 11) is 0. The van der Waals surface area contributed by atoms with E-state index >= 15 is 0 Å². The number of nitrogens with one attached hydrogen (secondary N) is 1. The maximum atomic E-state index is 12.7. The van der Waals surface area contributed by atoms with E-state index < -0.39 is 0 Å². The van der Waals surface area contributed by atoms with Crippen LogP contribution in [0.5, 0.6) is 0 Å². The number of amides is 1. The fourth-order valence-corrected chi connectivity index (χ4v) is 4.72. The van der Waals surface area contributed by atoms with Gasteiger partial charge in [-0.05, 0) is 44.7 Å². The summed E-state index contributed by atoms with van der Waals surface area (Å²) >= 11 is 2.00. The molecule has 3 aliphatic rings. The number of carbonyl (C=O) groups is 1. The second-order valence-electron chi connectivity index (χ2n) is 6.22. The van der Waals surface area contributed by atoms with Gasteiger partial charge in [-0.3, -0.25) is 4.79 Å². The molecule has 1 aliphatic carbocycles. The number of halogens is 1. The maximum Gasteiger partial charge on any atom is 0.226 e. The maximum absolute atomic E-state index is 12.7. The topological polar surface area (TPSA) is 32.3 Å². The molecule has 0 aromatic rings. The molecule has 5 heteroatoms. The van der Waals surface area contributed by atoms with Crippen molar-refractivity contribution in [2.45, 2.75) is 44.4 Å². The number of hydrogen-bond acceptors (Lipinski definition) is 3.